The van der Waals surface area contributed by atoms with Crippen LogP contribution in [-0.2, 0) is 6.42 Å². The first-order valence-corrected chi connectivity index (χ1v) is 7.23. The van der Waals surface area contributed by atoms with Gasteiger partial charge in [0, 0.05) is 34.5 Å². The lowest BCUT2D eigenvalue weighted by molar-refractivity contribution is 1.02. The van der Waals surface area contributed by atoms with Crippen molar-refractivity contribution in [2.45, 2.75) is 6.42 Å². The molecule has 0 unspecified atom stereocenters. The second-order valence-electron chi connectivity index (χ2n) is 4.94. The van der Waals surface area contributed by atoms with E-state index in [2.05, 4.69) is 22.4 Å². The zero-order valence-electron chi connectivity index (χ0n) is 11.5. The smallest absolute Gasteiger partial charge is 0.0737 e. The van der Waals surface area contributed by atoms with Crippen LogP contribution in [-0.4, -0.2) is 11.5 Å². The minimum Gasteiger partial charge on any atom is -0.399 e. The summed E-state index contributed by atoms with van der Waals surface area (Å²) in [4.78, 5) is 4.34. The molecule has 2 aromatic carbocycles. The normalized spacial score (nSPS) is 10.7. The maximum absolute atomic E-state index is 6.00. The van der Waals surface area contributed by atoms with Gasteiger partial charge in [-0.2, -0.15) is 0 Å². The Morgan fingerprint density at radius 1 is 1.05 bits per heavy atom. The molecular weight excluding hydrogens is 282 g/mol. The molecule has 0 aliphatic carbocycles. The molecule has 0 saturated heterocycles. The van der Waals surface area contributed by atoms with Crippen molar-refractivity contribution in [2.75, 3.05) is 17.6 Å². The summed E-state index contributed by atoms with van der Waals surface area (Å²) in [6.45, 7) is 0.853. The second-order valence-corrected chi connectivity index (χ2v) is 5.37. The minimum atomic E-state index is 0.703. The SMILES string of the molecule is Nc1ccc(CCNc2ccnc3cc(Cl)ccc23)cc1. The van der Waals surface area contributed by atoms with Crippen molar-refractivity contribution in [3.05, 3.63) is 65.3 Å². The number of anilines is 2. The molecule has 4 heteroatoms. The first-order valence-electron chi connectivity index (χ1n) is 6.85. The summed E-state index contributed by atoms with van der Waals surface area (Å²) in [5.74, 6) is 0. The number of aromatic nitrogens is 1. The Kier molecular flexibility index (Phi) is 3.93. The lowest BCUT2D eigenvalue weighted by atomic mass is 10.1. The summed E-state index contributed by atoms with van der Waals surface area (Å²) in [5, 5.41) is 5.24. The van der Waals surface area contributed by atoms with Crippen LogP contribution in [0.15, 0.2) is 54.7 Å². The third kappa shape index (κ3) is 3.26. The number of hydrogen-bond acceptors (Lipinski definition) is 3. The predicted octanol–water partition coefficient (Wildman–Crippen LogP) is 4.13. The summed E-state index contributed by atoms with van der Waals surface area (Å²) in [7, 11) is 0. The molecule has 0 aliphatic heterocycles. The zero-order valence-corrected chi connectivity index (χ0v) is 12.3. The Morgan fingerprint density at radius 2 is 1.86 bits per heavy atom. The van der Waals surface area contributed by atoms with Gasteiger partial charge in [0.2, 0.25) is 0 Å². The molecule has 3 rings (SSSR count). The number of nitrogens with one attached hydrogen (secondary N) is 1. The van der Waals surface area contributed by atoms with E-state index in [1.165, 1.54) is 5.56 Å². The lowest BCUT2D eigenvalue weighted by Crippen LogP contribution is -2.05. The molecule has 0 radical (unpaired) electrons. The molecule has 0 bridgehead atoms. The lowest BCUT2D eigenvalue weighted by Gasteiger charge is -2.09. The van der Waals surface area contributed by atoms with Crippen molar-refractivity contribution in [2.24, 2.45) is 0 Å². The van der Waals surface area contributed by atoms with E-state index in [9.17, 15) is 0 Å². The summed E-state index contributed by atoms with van der Waals surface area (Å²) in [5.41, 5.74) is 9.72. The molecule has 21 heavy (non-hydrogen) atoms. The average Bonchev–Trinajstić information content (AvgIpc) is 2.49. The highest BCUT2D eigenvalue weighted by molar-refractivity contribution is 6.31. The first-order chi connectivity index (χ1) is 10.2. The molecule has 3 nitrogen and oxygen atoms in total. The van der Waals surface area contributed by atoms with E-state index in [1.807, 2.05) is 36.4 Å². The highest BCUT2D eigenvalue weighted by atomic mass is 35.5. The van der Waals surface area contributed by atoms with Gasteiger partial charge in [-0.25, -0.2) is 0 Å². The van der Waals surface area contributed by atoms with Crippen molar-refractivity contribution >= 4 is 33.9 Å². The van der Waals surface area contributed by atoms with E-state index in [-0.39, 0.29) is 0 Å². The van der Waals surface area contributed by atoms with Gasteiger partial charge in [-0.3, -0.25) is 4.98 Å². The van der Waals surface area contributed by atoms with Gasteiger partial charge in [0.15, 0.2) is 0 Å². The summed E-state index contributed by atoms with van der Waals surface area (Å²) in [6.07, 6.45) is 2.74. The Bertz CT molecular complexity index is 754. The van der Waals surface area contributed by atoms with E-state index in [0.29, 0.717) is 5.02 Å². The zero-order chi connectivity index (χ0) is 14.7. The third-order valence-electron chi connectivity index (χ3n) is 3.41. The summed E-state index contributed by atoms with van der Waals surface area (Å²) < 4.78 is 0. The van der Waals surface area contributed by atoms with Crippen molar-refractivity contribution in [3.8, 4) is 0 Å². The fourth-order valence-corrected chi connectivity index (χ4v) is 2.47. The summed E-state index contributed by atoms with van der Waals surface area (Å²) >= 11 is 6.00. The van der Waals surface area contributed by atoms with Gasteiger partial charge in [0.05, 0.1) is 5.52 Å². The number of halogens is 1. The van der Waals surface area contributed by atoms with Crippen LogP contribution in [0.4, 0.5) is 11.4 Å². The third-order valence-corrected chi connectivity index (χ3v) is 3.65. The number of nitrogens with zero attached hydrogens (tertiary/aromatic N) is 1. The molecule has 0 saturated carbocycles. The maximum atomic E-state index is 6.00. The Balaban J connectivity index is 1.72. The number of hydrogen-bond donors (Lipinski definition) is 2. The van der Waals surface area contributed by atoms with Crippen molar-refractivity contribution < 1.29 is 0 Å². The fourth-order valence-electron chi connectivity index (χ4n) is 2.30. The summed E-state index contributed by atoms with van der Waals surface area (Å²) in [6, 6.07) is 15.7. The van der Waals surface area contributed by atoms with Crippen LogP contribution in [0.1, 0.15) is 5.56 Å². The number of fused-ring (bicyclic) bond motifs is 1. The molecular formula is C17H16ClN3. The van der Waals surface area contributed by atoms with Crippen LogP contribution in [0.2, 0.25) is 5.02 Å². The highest BCUT2D eigenvalue weighted by Crippen LogP contribution is 2.24. The number of nitrogens with two attached hydrogens (primary N) is 1. The predicted molar refractivity (Wildman–Crippen MR) is 89.8 cm³/mol. The van der Waals surface area contributed by atoms with Gasteiger partial charge in [0.25, 0.3) is 0 Å². The monoisotopic (exact) mass is 297 g/mol. The molecule has 0 atom stereocenters. The van der Waals surface area contributed by atoms with Gasteiger partial charge in [-0.15, -0.1) is 0 Å². The second kappa shape index (κ2) is 6.02. The van der Waals surface area contributed by atoms with E-state index >= 15 is 0 Å². The Morgan fingerprint density at radius 3 is 2.67 bits per heavy atom. The van der Waals surface area contributed by atoms with Gasteiger partial charge in [-0.05, 0) is 48.4 Å². The number of pyridine rings is 1. The number of rotatable bonds is 4. The quantitative estimate of drug-likeness (QED) is 0.712. The number of benzene rings is 2. The molecule has 1 aromatic heterocycles. The van der Waals surface area contributed by atoms with Crippen LogP contribution < -0.4 is 11.1 Å². The Labute approximate surface area is 128 Å². The average molecular weight is 298 g/mol. The first kappa shape index (κ1) is 13.7. The van der Waals surface area contributed by atoms with Gasteiger partial charge in [-0.1, -0.05) is 23.7 Å². The van der Waals surface area contributed by atoms with Crippen LogP contribution in [0.25, 0.3) is 10.9 Å². The molecule has 106 valence electrons. The van der Waals surface area contributed by atoms with E-state index in [1.54, 1.807) is 6.20 Å². The fraction of sp³-hybridized carbons (Fsp3) is 0.118. The molecule has 0 spiro atoms. The molecule has 1 heterocycles. The van der Waals surface area contributed by atoms with Crippen LogP contribution in [0.3, 0.4) is 0 Å². The van der Waals surface area contributed by atoms with Crippen molar-refractivity contribution in [1.29, 1.82) is 0 Å². The van der Waals surface area contributed by atoms with Gasteiger partial charge < -0.3 is 11.1 Å². The van der Waals surface area contributed by atoms with E-state index in [4.69, 9.17) is 17.3 Å². The van der Waals surface area contributed by atoms with Crippen LogP contribution in [0, 0.1) is 0 Å². The van der Waals surface area contributed by atoms with E-state index in [0.717, 1.165) is 35.2 Å². The molecule has 0 fully saturated rings. The van der Waals surface area contributed by atoms with Crippen molar-refractivity contribution in [3.63, 3.8) is 0 Å². The van der Waals surface area contributed by atoms with Crippen LogP contribution >= 0.6 is 11.6 Å². The standard InChI is InChI=1S/C17H16ClN3/c18-13-3-6-15-16(8-10-21-17(15)11-13)20-9-7-12-1-4-14(19)5-2-12/h1-6,8,10-11H,7,9,19H2,(H,20,21). The van der Waals surface area contributed by atoms with Crippen LogP contribution in [0.5, 0.6) is 0 Å². The van der Waals surface area contributed by atoms with Gasteiger partial charge >= 0.3 is 0 Å². The molecule has 3 aromatic rings. The van der Waals surface area contributed by atoms with Crippen molar-refractivity contribution in [1.82, 2.24) is 4.98 Å². The maximum Gasteiger partial charge on any atom is 0.0737 e. The Hall–Kier alpha value is -2.26. The topological polar surface area (TPSA) is 50.9 Å². The molecule has 0 amide bonds. The highest BCUT2D eigenvalue weighted by Gasteiger charge is 2.02. The molecule has 0 aliphatic rings. The minimum absolute atomic E-state index is 0.703. The molecule has 3 N–H and O–H groups in total. The van der Waals surface area contributed by atoms with Gasteiger partial charge in [0.1, 0.15) is 0 Å². The number of nitrogen functional groups attached to an aromatic ring is 1. The van der Waals surface area contributed by atoms with E-state index < -0.39 is 0 Å². The largest absolute Gasteiger partial charge is 0.399 e.